The van der Waals surface area contributed by atoms with E-state index >= 15 is 0 Å². The highest BCUT2D eigenvalue weighted by molar-refractivity contribution is 7.07. The molecular weight excluding hydrogens is 246 g/mol. The Hall–Kier alpha value is -1.88. The molecule has 18 heavy (non-hydrogen) atoms. The zero-order valence-corrected chi connectivity index (χ0v) is 11.0. The molecule has 0 aliphatic heterocycles. The van der Waals surface area contributed by atoms with Crippen LogP contribution in [0.4, 0.5) is 11.4 Å². The second kappa shape index (κ2) is 5.64. The number of nitrogen functional groups attached to an aromatic ring is 1. The second-order valence-electron chi connectivity index (χ2n) is 3.89. The first-order valence-corrected chi connectivity index (χ1v) is 6.73. The van der Waals surface area contributed by atoms with Gasteiger partial charge < -0.3 is 10.6 Å². The number of rotatable bonds is 4. The molecule has 5 heteroatoms. The summed E-state index contributed by atoms with van der Waals surface area (Å²) in [7, 11) is 0. The van der Waals surface area contributed by atoms with Gasteiger partial charge in [0.25, 0.3) is 5.91 Å². The Morgan fingerprint density at radius 3 is 2.83 bits per heavy atom. The molecule has 0 aliphatic carbocycles. The number of amides is 1. The summed E-state index contributed by atoms with van der Waals surface area (Å²) in [5.74, 6) is -0.101. The van der Waals surface area contributed by atoms with Gasteiger partial charge in [0.2, 0.25) is 0 Å². The fourth-order valence-corrected chi connectivity index (χ4v) is 2.27. The molecule has 2 N–H and O–H groups in total. The largest absolute Gasteiger partial charge is 0.397 e. The van der Waals surface area contributed by atoms with E-state index in [2.05, 4.69) is 4.98 Å². The number of aromatic nitrogens is 1. The van der Waals surface area contributed by atoms with Gasteiger partial charge in [-0.3, -0.25) is 4.79 Å². The standard InChI is InChI=1S/C13H15N3OS/c1-2-7-16(12-6-4-3-5-10(12)14)13(17)11-8-18-9-15-11/h3-6,8-9H,2,7,14H2,1H3. The number of hydrogen-bond acceptors (Lipinski definition) is 4. The number of nitrogens with two attached hydrogens (primary N) is 1. The van der Waals surface area contributed by atoms with E-state index in [-0.39, 0.29) is 5.91 Å². The van der Waals surface area contributed by atoms with Gasteiger partial charge in [-0.1, -0.05) is 19.1 Å². The quantitative estimate of drug-likeness (QED) is 0.861. The van der Waals surface area contributed by atoms with Gasteiger partial charge in [0.15, 0.2) is 0 Å². The molecule has 0 atom stereocenters. The summed E-state index contributed by atoms with van der Waals surface area (Å²) in [6, 6.07) is 7.39. The molecule has 1 aromatic heterocycles. The molecule has 94 valence electrons. The highest BCUT2D eigenvalue weighted by atomic mass is 32.1. The number of carbonyl (C=O) groups excluding carboxylic acids is 1. The van der Waals surface area contributed by atoms with Crippen molar-refractivity contribution in [2.75, 3.05) is 17.2 Å². The van der Waals surface area contributed by atoms with E-state index in [9.17, 15) is 4.79 Å². The fourth-order valence-electron chi connectivity index (χ4n) is 1.74. The van der Waals surface area contributed by atoms with E-state index in [4.69, 9.17) is 5.73 Å². The van der Waals surface area contributed by atoms with Gasteiger partial charge in [0.1, 0.15) is 5.69 Å². The summed E-state index contributed by atoms with van der Waals surface area (Å²) in [6.07, 6.45) is 0.865. The third-order valence-corrected chi connectivity index (χ3v) is 3.16. The number of hydrogen-bond donors (Lipinski definition) is 1. The molecule has 1 heterocycles. The van der Waals surface area contributed by atoms with Crippen molar-refractivity contribution in [1.29, 1.82) is 0 Å². The second-order valence-corrected chi connectivity index (χ2v) is 4.61. The Labute approximate surface area is 110 Å². The van der Waals surface area contributed by atoms with Gasteiger partial charge in [-0.2, -0.15) is 0 Å². The molecule has 2 rings (SSSR count). The lowest BCUT2D eigenvalue weighted by atomic mass is 10.2. The molecule has 0 saturated heterocycles. The van der Waals surface area contributed by atoms with Gasteiger partial charge in [0, 0.05) is 11.9 Å². The maximum Gasteiger partial charge on any atom is 0.277 e. The van der Waals surface area contributed by atoms with Crippen LogP contribution in [0.15, 0.2) is 35.2 Å². The van der Waals surface area contributed by atoms with Crippen LogP contribution >= 0.6 is 11.3 Å². The molecule has 0 aliphatic rings. The van der Waals surface area contributed by atoms with E-state index in [1.54, 1.807) is 21.9 Å². The Bertz CT molecular complexity index is 525. The first kappa shape index (κ1) is 12.6. The van der Waals surface area contributed by atoms with Crippen LogP contribution in [-0.4, -0.2) is 17.4 Å². The highest BCUT2D eigenvalue weighted by Crippen LogP contribution is 2.24. The van der Waals surface area contributed by atoms with E-state index < -0.39 is 0 Å². The summed E-state index contributed by atoms with van der Waals surface area (Å²) in [6.45, 7) is 2.66. The molecule has 0 unspecified atom stereocenters. The lowest BCUT2D eigenvalue weighted by molar-refractivity contribution is 0.0983. The molecule has 2 aromatic rings. The normalized spacial score (nSPS) is 10.3. The maximum absolute atomic E-state index is 12.4. The Morgan fingerprint density at radius 1 is 1.44 bits per heavy atom. The van der Waals surface area contributed by atoms with Crippen molar-refractivity contribution < 1.29 is 4.79 Å². The molecule has 0 bridgehead atoms. The molecule has 0 saturated carbocycles. The minimum absolute atomic E-state index is 0.101. The third-order valence-electron chi connectivity index (χ3n) is 2.57. The van der Waals surface area contributed by atoms with Crippen molar-refractivity contribution in [3.63, 3.8) is 0 Å². The summed E-state index contributed by atoms with van der Waals surface area (Å²) < 4.78 is 0. The number of carbonyl (C=O) groups is 1. The van der Waals surface area contributed by atoms with E-state index in [1.165, 1.54) is 11.3 Å². The number of anilines is 2. The fraction of sp³-hybridized carbons (Fsp3) is 0.231. The SMILES string of the molecule is CCCN(C(=O)c1cscn1)c1ccccc1N. The summed E-state index contributed by atoms with van der Waals surface area (Å²) >= 11 is 1.41. The molecule has 1 aromatic carbocycles. The monoisotopic (exact) mass is 261 g/mol. The highest BCUT2D eigenvalue weighted by Gasteiger charge is 2.19. The minimum Gasteiger partial charge on any atom is -0.397 e. The predicted molar refractivity (Wildman–Crippen MR) is 74.9 cm³/mol. The molecular formula is C13H15N3OS. The van der Waals surface area contributed by atoms with Crippen molar-refractivity contribution in [3.8, 4) is 0 Å². The lowest BCUT2D eigenvalue weighted by Gasteiger charge is -2.22. The van der Waals surface area contributed by atoms with E-state index in [0.717, 1.165) is 12.1 Å². The van der Waals surface area contributed by atoms with Gasteiger partial charge in [-0.05, 0) is 18.6 Å². The smallest absolute Gasteiger partial charge is 0.277 e. The van der Waals surface area contributed by atoms with Crippen molar-refractivity contribution >= 4 is 28.6 Å². The van der Waals surface area contributed by atoms with Crippen molar-refractivity contribution in [2.24, 2.45) is 0 Å². The maximum atomic E-state index is 12.4. The van der Waals surface area contributed by atoms with Crippen LogP contribution in [0.1, 0.15) is 23.8 Å². The van der Waals surface area contributed by atoms with Gasteiger partial charge >= 0.3 is 0 Å². The van der Waals surface area contributed by atoms with Crippen molar-refractivity contribution in [2.45, 2.75) is 13.3 Å². The van der Waals surface area contributed by atoms with Crippen LogP contribution in [-0.2, 0) is 0 Å². The number of thiazole rings is 1. The van der Waals surface area contributed by atoms with Gasteiger partial charge in [-0.15, -0.1) is 11.3 Å². The molecule has 1 amide bonds. The Balaban J connectivity index is 2.34. The number of nitrogens with zero attached hydrogens (tertiary/aromatic N) is 2. The Kier molecular flexibility index (Phi) is 3.94. The average Bonchev–Trinajstić information content (AvgIpc) is 2.90. The number of benzene rings is 1. The predicted octanol–water partition coefficient (Wildman–Crippen LogP) is 2.78. The number of para-hydroxylation sites is 2. The van der Waals surface area contributed by atoms with E-state index in [0.29, 0.717) is 17.9 Å². The first-order valence-electron chi connectivity index (χ1n) is 5.78. The zero-order valence-electron chi connectivity index (χ0n) is 10.2. The zero-order chi connectivity index (χ0) is 13.0. The van der Waals surface area contributed by atoms with Gasteiger partial charge in [-0.25, -0.2) is 4.98 Å². The molecule has 0 fully saturated rings. The topological polar surface area (TPSA) is 59.2 Å². The van der Waals surface area contributed by atoms with E-state index in [1.807, 2.05) is 25.1 Å². The van der Waals surface area contributed by atoms with Crippen molar-refractivity contribution in [3.05, 3.63) is 40.8 Å². The van der Waals surface area contributed by atoms with Crippen LogP contribution in [0.3, 0.4) is 0 Å². The average molecular weight is 261 g/mol. The minimum atomic E-state index is -0.101. The third kappa shape index (κ3) is 2.51. The van der Waals surface area contributed by atoms with Crippen LogP contribution in [0, 0.1) is 0 Å². The molecule has 0 spiro atoms. The summed E-state index contributed by atoms with van der Waals surface area (Å²) in [5.41, 5.74) is 9.41. The first-order chi connectivity index (χ1) is 8.74. The van der Waals surface area contributed by atoms with Gasteiger partial charge in [0.05, 0.1) is 16.9 Å². The summed E-state index contributed by atoms with van der Waals surface area (Å²) in [4.78, 5) is 18.1. The molecule has 4 nitrogen and oxygen atoms in total. The van der Waals surface area contributed by atoms with Crippen LogP contribution in [0.2, 0.25) is 0 Å². The van der Waals surface area contributed by atoms with Crippen LogP contribution in [0.25, 0.3) is 0 Å². The van der Waals surface area contributed by atoms with Crippen molar-refractivity contribution in [1.82, 2.24) is 4.98 Å². The Morgan fingerprint density at radius 2 is 2.22 bits per heavy atom. The summed E-state index contributed by atoms with van der Waals surface area (Å²) in [5, 5.41) is 1.75. The molecule has 0 radical (unpaired) electrons. The lowest BCUT2D eigenvalue weighted by Crippen LogP contribution is -2.32. The van der Waals surface area contributed by atoms with Crippen LogP contribution in [0.5, 0.6) is 0 Å². The van der Waals surface area contributed by atoms with Crippen LogP contribution < -0.4 is 10.6 Å².